The molecule has 1 saturated heterocycles. The van der Waals surface area contributed by atoms with Crippen molar-refractivity contribution >= 4 is 24.1 Å². The van der Waals surface area contributed by atoms with Gasteiger partial charge in [-0.3, -0.25) is 9.13 Å². The summed E-state index contributed by atoms with van der Waals surface area (Å²) in [6.07, 6.45) is 11.4. The van der Waals surface area contributed by atoms with Gasteiger partial charge in [0.05, 0.1) is 18.4 Å². The molecule has 2 aliphatic rings. The van der Waals surface area contributed by atoms with Gasteiger partial charge in [-0.1, -0.05) is 18.2 Å². The fourth-order valence-electron chi connectivity index (χ4n) is 5.82. The van der Waals surface area contributed by atoms with E-state index in [1.165, 1.54) is 13.0 Å². The third kappa shape index (κ3) is 7.55. The van der Waals surface area contributed by atoms with Gasteiger partial charge in [-0.2, -0.15) is 0 Å². The minimum Gasteiger partial charge on any atom is -0.466 e. The molecule has 0 aliphatic carbocycles. The van der Waals surface area contributed by atoms with E-state index in [0.29, 0.717) is 19.5 Å². The Morgan fingerprint density at radius 1 is 1.17 bits per heavy atom. The summed E-state index contributed by atoms with van der Waals surface area (Å²) in [4.78, 5) is 55.0. The number of likely N-dealkylation sites (tertiary alicyclic amines) is 1. The molecule has 1 aromatic carbocycles. The molecule has 4 amide bonds. The molecule has 0 spiro atoms. The number of allylic oxidation sites excluding steroid dienone is 4. The van der Waals surface area contributed by atoms with Gasteiger partial charge in [-0.15, -0.1) is 5.73 Å². The van der Waals surface area contributed by atoms with Crippen molar-refractivity contribution in [3.05, 3.63) is 93.0 Å². The molecule has 46 heavy (non-hydrogen) atoms. The Hall–Kier alpha value is -4.74. The predicted octanol–water partition coefficient (Wildman–Crippen LogP) is 4.64. The predicted molar refractivity (Wildman–Crippen MR) is 169 cm³/mol. The van der Waals surface area contributed by atoms with Crippen LogP contribution in [0.2, 0.25) is 0 Å². The second-order valence-corrected chi connectivity index (χ2v) is 11.1. The van der Waals surface area contributed by atoms with Crippen LogP contribution in [-0.2, 0) is 16.1 Å². The number of methoxy groups -OCH3 is 1. The summed E-state index contributed by atoms with van der Waals surface area (Å²) in [5.74, 6) is -3.11. The largest absolute Gasteiger partial charge is 0.466 e. The van der Waals surface area contributed by atoms with Crippen molar-refractivity contribution in [3.8, 4) is 0 Å². The van der Waals surface area contributed by atoms with Crippen molar-refractivity contribution in [2.24, 2.45) is 0 Å². The van der Waals surface area contributed by atoms with E-state index in [0.717, 1.165) is 55.8 Å². The van der Waals surface area contributed by atoms with Crippen LogP contribution in [0.5, 0.6) is 0 Å². The first-order valence-corrected chi connectivity index (χ1v) is 15.3. The number of hydrogen-bond acceptors (Lipinski definition) is 6. The second kappa shape index (κ2) is 15.5. The second-order valence-electron chi connectivity index (χ2n) is 11.1. The maximum Gasteiger partial charge on any atom is 0.337 e. The molecule has 0 radical (unpaired) electrons. The fraction of sp³-hybridized carbons (Fsp3) is 0.424. The van der Waals surface area contributed by atoms with Crippen molar-refractivity contribution in [2.45, 2.75) is 58.7 Å². The normalized spacial score (nSPS) is 17.6. The number of imide groups is 1. The lowest BCUT2D eigenvalue weighted by Gasteiger charge is -2.36. The zero-order valence-corrected chi connectivity index (χ0v) is 26.5. The number of urea groups is 2. The highest BCUT2D eigenvalue weighted by atomic mass is 19.2. The Morgan fingerprint density at radius 3 is 2.57 bits per heavy atom. The highest BCUT2D eigenvalue weighted by Gasteiger charge is 2.42. The molecule has 0 bridgehead atoms. The van der Waals surface area contributed by atoms with Crippen molar-refractivity contribution in [2.75, 3.05) is 33.3 Å². The fourth-order valence-corrected chi connectivity index (χ4v) is 5.82. The van der Waals surface area contributed by atoms with E-state index in [9.17, 15) is 28.0 Å². The number of esters is 1. The van der Waals surface area contributed by atoms with Crippen LogP contribution >= 0.6 is 0 Å². The molecule has 1 unspecified atom stereocenters. The number of piperidine rings is 1. The third-order valence-electron chi connectivity index (χ3n) is 8.18. The SMILES string of the molecule is C/C=C\C=C=Cc1cn(C2CCN(CCCNC(=O)N3C(=O)NC(C)=C(C(=O)OC)C3c3ccc(F)c(F)c3)CC2)c(=O)n1CC. The molecule has 2 aliphatic heterocycles. The Balaban J connectivity index is 1.36. The quantitative estimate of drug-likeness (QED) is 0.170. The first kappa shape index (κ1) is 34.1. The molecule has 4 rings (SSSR count). The summed E-state index contributed by atoms with van der Waals surface area (Å²) in [5, 5.41) is 5.20. The zero-order chi connectivity index (χ0) is 33.4. The van der Waals surface area contributed by atoms with Crippen molar-refractivity contribution in [1.29, 1.82) is 0 Å². The molecule has 246 valence electrons. The molecule has 1 aromatic heterocycles. The van der Waals surface area contributed by atoms with E-state index in [-0.39, 0.29) is 35.1 Å². The van der Waals surface area contributed by atoms with Gasteiger partial charge in [0.15, 0.2) is 11.6 Å². The Kier molecular flexibility index (Phi) is 11.5. The number of nitrogens with one attached hydrogen (secondary N) is 2. The minimum atomic E-state index is -1.33. The summed E-state index contributed by atoms with van der Waals surface area (Å²) in [7, 11) is 1.15. The number of aromatic nitrogens is 2. The number of ether oxygens (including phenoxy) is 1. The number of imidazole rings is 1. The van der Waals surface area contributed by atoms with Crippen LogP contribution in [0, 0.1) is 11.6 Å². The average molecular weight is 639 g/mol. The smallest absolute Gasteiger partial charge is 0.337 e. The summed E-state index contributed by atoms with van der Waals surface area (Å²) in [5.41, 5.74) is 3.96. The highest BCUT2D eigenvalue weighted by Crippen LogP contribution is 2.35. The van der Waals surface area contributed by atoms with Crippen molar-refractivity contribution in [1.82, 2.24) is 29.6 Å². The topological polar surface area (TPSA) is 118 Å². The maximum absolute atomic E-state index is 14.2. The van der Waals surface area contributed by atoms with Crippen LogP contribution in [0.1, 0.15) is 63.4 Å². The van der Waals surface area contributed by atoms with E-state index >= 15 is 0 Å². The Bertz CT molecular complexity index is 1640. The molecular weight excluding hydrogens is 598 g/mol. The first-order chi connectivity index (χ1) is 22.1. The first-order valence-electron chi connectivity index (χ1n) is 15.3. The van der Waals surface area contributed by atoms with E-state index in [1.54, 1.807) is 10.6 Å². The van der Waals surface area contributed by atoms with Crippen LogP contribution < -0.4 is 16.3 Å². The number of halogens is 2. The molecule has 2 aromatic rings. The van der Waals surface area contributed by atoms with Gasteiger partial charge >= 0.3 is 23.7 Å². The highest BCUT2D eigenvalue weighted by molar-refractivity contribution is 6.01. The molecule has 13 heteroatoms. The molecule has 1 atom stereocenters. The van der Waals surface area contributed by atoms with Gasteiger partial charge in [-0.25, -0.2) is 32.9 Å². The molecule has 2 N–H and O–H groups in total. The van der Waals surface area contributed by atoms with Gasteiger partial charge < -0.3 is 20.3 Å². The van der Waals surface area contributed by atoms with Crippen LogP contribution in [0.25, 0.3) is 6.08 Å². The number of benzene rings is 1. The van der Waals surface area contributed by atoms with E-state index in [2.05, 4.69) is 21.3 Å². The molecule has 0 saturated carbocycles. The standard InChI is InChI=1S/C33H40F2N6O5/c1-5-7-8-9-11-25-21-40(33(45)39(25)6-2)24-14-18-38(19-15-24)17-10-16-36-31(43)41-29(23-12-13-26(34)27(35)20-23)28(30(42)46-4)22(3)37-32(41)44/h5,7-8,11-13,20-21,24,29H,6,10,14-19H2,1-4H3,(H,36,43)(H,37,44)/b7-5-. The number of carbonyl (C=O) groups is 3. The van der Waals surface area contributed by atoms with Crippen LogP contribution in [0.3, 0.4) is 0 Å². The van der Waals surface area contributed by atoms with Crippen LogP contribution in [-0.4, -0.2) is 70.3 Å². The third-order valence-corrected chi connectivity index (χ3v) is 8.18. The monoisotopic (exact) mass is 638 g/mol. The number of hydrogen-bond donors (Lipinski definition) is 2. The number of rotatable bonds is 10. The summed E-state index contributed by atoms with van der Waals surface area (Å²) in [6.45, 7) is 8.33. The molecule has 3 heterocycles. The van der Waals surface area contributed by atoms with Gasteiger partial charge in [0.1, 0.15) is 6.04 Å². The maximum atomic E-state index is 14.2. The zero-order valence-electron chi connectivity index (χ0n) is 26.5. The lowest BCUT2D eigenvalue weighted by Crippen LogP contribution is -2.54. The molecule has 11 nitrogen and oxygen atoms in total. The van der Waals surface area contributed by atoms with Crippen LogP contribution in [0.15, 0.2) is 64.4 Å². The number of amides is 4. The van der Waals surface area contributed by atoms with E-state index < -0.39 is 35.7 Å². The van der Waals surface area contributed by atoms with E-state index in [4.69, 9.17) is 4.74 Å². The molecule has 1 fully saturated rings. The van der Waals surface area contributed by atoms with Crippen molar-refractivity contribution < 1.29 is 27.9 Å². The lowest BCUT2D eigenvalue weighted by molar-refractivity contribution is -0.136. The molecular formula is C33H40F2N6O5. The van der Waals surface area contributed by atoms with Crippen LogP contribution in [0.4, 0.5) is 18.4 Å². The minimum absolute atomic E-state index is 0.0353. The lowest BCUT2D eigenvalue weighted by atomic mass is 9.94. The summed E-state index contributed by atoms with van der Waals surface area (Å²) in [6, 6.07) is 0.0622. The van der Waals surface area contributed by atoms with Gasteiger partial charge in [0.2, 0.25) is 0 Å². The Labute approximate surface area is 266 Å². The summed E-state index contributed by atoms with van der Waals surface area (Å²) < 4.78 is 36.3. The number of carbonyl (C=O) groups excluding carboxylic acids is 3. The summed E-state index contributed by atoms with van der Waals surface area (Å²) >= 11 is 0. The van der Waals surface area contributed by atoms with Crippen molar-refractivity contribution in [3.63, 3.8) is 0 Å². The van der Waals surface area contributed by atoms with Gasteiger partial charge in [-0.05, 0) is 70.4 Å². The number of nitrogens with zero attached hydrogens (tertiary/aromatic N) is 4. The van der Waals surface area contributed by atoms with E-state index in [1.807, 2.05) is 42.8 Å². The van der Waals surface area contributed by atoms with Gasteiger partial charge in [0, 0.05) is 50.2 Å². The van der Waals surface area contributed by atoms with Gasteiger partial charge in [0.25, 0.3) is 0 Å². The average Bonchev–Trinajstić information content (AvgIpc) is 3.36. The Morgan fingerprint density at radius 2 is 1.91 bits per heavy atom.